The first-order valence-electron chi connectivity index (χ1n) is 6.39. The zero-order valence-corrected chi connectivity index (χ0v) is 11.5. The highest BCUT2D eigenvalue weighted by atomic mass is 35.5. The minimum absolute atomic E-state index is 0.0444. The smallest absolute Gasteiger partial charge is 0.236 e. The Hall–Kier alpha value is -2.07. The Kier molecular flexibility index (Phi) is 3.10. The Morgan fingerprint density at radius 2 is 1.95 bits per heavy atom. The van der Waals surface area contributed by atoms with Crippen molar-refractivity contribution in [3.8, 4) is 0 Å². The van der Waals surface area contributed by atoms with Crippen LogP contribution in [0.15, 0.2) is 42.6 Å². The Morgan fingerprint density at radius 3 is 2.55 bits per heavy atom. The summed E-state index contributed by atoms with van der Waals surface area (Å²) in [6.07, 6.45) is 3.24. The third-order valence-electron chi connectivity index (χ3n) is 3.61. The van der Waals surface area contributed by atoms with Crippen molar-refractivity contribution in [2.75, 3.05) is 11.1 Å². The number of carbonyl (C=O) groups is 1. The Labute approximate surface area is 122 Å². The fourth-order valence-electron chi connectivity index (χ4n) is 2.28. The van der Waals surface area contributed by atoms with E-state index in [0.717, 1.165) is 18.4 Å². The van der Waals surface area contributed by atoms with E-state index in [2.05, 4.69) is 10.3 Å². The van der Waals surface area contributed by atoms with Crippen molar-refractivity contribution >= 4 is 29.0 Å². The minimum atomic E-state index is -0.447. The molecule has 1 heterocycles. The topological polar surface area (TPSA) is 68.0 Å². The first-order valence-corrected chi connectivity index (χ1v) is 6.77. The molecule has 1 saturated carbocycles. The van der Waals surface area contributed by atoms with Crippen LogP contribution in [0.4, 0.5) is 11.5 Å². The molecule has 1 aliphatic carbocycles. The number of nitrogens with one attached hydrogen (secondary N) is 1. The molecule has 3 rings (SSSR count). The molecule has 3 N–H and O–H groups in total. The fourth-order valence-corrected chi connectivity index (χ4v) is 2.44. The number of carbonyl (C=O) groups excluding carboxylic acids is 1. The third-order valence-corrected chi connectivity index (χ3v) is 3.85. The number of anilines is 2. The van der Waals surface area contributed by atoms with Gasteiger partial charge in [-0.1, -0.05) is 23.7 Å². The summed E-state index contributed by atoms with van der Waals surface area (Å²) in [7, 11) is 0. The van der Waals surface area contributed by atoms with Gasteiger partial charge >= 0.3 is 0 Å². The first-order chi connectivity index (χ1) is 9.60. The Balaban J connectivity index is 1.81. The average Bonchev–Trinajstić information content (AvgIpc) is 3.21. The highest BCUT2D eigenvalue weighted by Gasteiger charge is 2.51. The molecule has 0 saturated heterocycles. The number of nitrogen functional groups attached to an aromatic ring is 1. The second-order valence-corrected chi connectivity index (χ2v) is 5.45. The van der Waals surface area contributed by atoms with Crippen LogP contribution in [0.25, 0.3) is 0 Å². The standard InChI is InChI=1S/C15H14ClN3O/c16-11-5-8-18-13(9-11)19-14(20)15(6-7-15)10-1-3-12(17)4-2-10/h1-5,8-9H,6-7,17H2,(H,18,19,20). The largest absolute Gasteiger partial charge is 0.399 e. The maximum atomic E-state index is 12.5. The quantitative estimate of drug-likeness (QED) is 0.853. The highest BCUT2D eigenvalue weighted by molar-refractivity contribution is 6.30. The van der Waals surface area contributed by atoms with E-state index in [-0.39, 0.29) is 5.91 Å². The van der Waals surface area contributed by atoms with Gasteiger partial charge in [-0.05, 0) is 42.7 Å². The van der Waals surface area contributed by atoms with Crippen molar-refractivity contribution in [2.45, 2.75) is 18.3 Å². The first kappa shape index (κ1) is 12.9. The molecule has 2 aromatic rings. The maximum Gasteiger partial charge on any atom is 0.236 e. The molecule has 0 unspecified atom stereocenters. The lowest BCUT2D eigenvalue weighted by molar-refractivity contribution is -0.118. The van der Waals surface area contributed by atoms with E-state index < -0.39 is 5.41 Å². The molecule has 0 atom stereocenters. The summed E-state index contributed by atoms with van der Waals surface area (Å²) < 4.78 is 0. The van der Waals surface area contributed by atoms with Crippen LogP contribution in [0, 0.1) is 0 Å². The van der Waals surface area contributed by atoms with Crippen molar-refractivity contribution in [1.29, 1.82) is 0 Å². The van der Waals surface area contributed by atoms with Crippen LogP contribution in [0.2, 0.25) is 5.02 Å². The summed E-state index contributed by atoms with van der Waals surface area (Å²) in [6, 6.07) is 10.8. The van der Waals surface area contributed by atoms with E-state index in [0.29, 0.717) is 16.5 Å². The van der Waals surface area contributed by atoms with Gasteiger partial charge in [-0.25, -0.2) is 4.98 Å². The molecule has 4 nitrogen and oxygen atoms in total. The molecule has 0 aliphatic heterocycles. The lowest BCUT2D eigenvalue weighted by Gasteiger charge is -2.15. The number of halogens is 1. The van der Waals surface area contributed by atoms with Gasteiger partial charge < -0.3 is 11.1 Å². The molecule has 20 heavy (non-hydrogen) atoms. The molecule has 102 valence electrons. The molecular formula is C15H14ClN3O. The van der Waals surface area contributed by atoms with Crippen LogP contribution in [0.5, 0.6) is 0 Å². The number of nitrogens with two attached hydrogens (primary N) is 1. The molecule has 1 amide bonds. The summed E-state index contributed by atoms with van der Waals surface area (Å²) in [5, 5.41) is 3.38. The van der Waals surface area contributed by atoms with Gasteiger partial charge in [0.05, 0.1) is 5.41 Å². The molecule has 0 spiro atoms. The van der Waals surface area contributed by atoms with Crippen molar-refractivity contribution in [3.63, 3.8) is 0 Å². The van der Waals surface area contributed by atoms with E-state index in [9.17, 15) is 4.79 Å². The lowest BCUT2D eigenvalue weighted by atomic mass is 9.95. The molecule has 1 aromatic heterocycles. The number of pyridine rings is 1. The number of hydrogen-bond acceptors (Lipinski definition) is 3. The van der Waals surface area contributed by atoms with Gasteiger partial charge in [-0.2, -0.15) is 0 Å². The predicted octanol–water partition coefficient (Wildman–Crippen LogP) is 2.99. The third kappa shape index (κ3) is 2.34. The Bertz CT molecular complexity index is 650. The van der Waals surface area contributed by atoms with Crippen LogP contribution in [0.1, 0.15) is 18.4 Å². The van der Waals surface area contributed by atoms with Gasteiger partial charge in [-0.15, -0.1) is 0 Å². The van der Waals surface area contributed by atoms with Gasteiger partial charge in [0.25, 0.3) is 0 Å². The minimum Gasteiger partial charge on any atom is -0.399 e. The maximum absolute atomic E-state index is 12.5. The van der Waals surface area contributed by atoms with E-state index in [1.54, 1.807) is 18.3 Å². The van der Waals surface area contributed by atoms with Gasteiger partial charge in [0.2, 0.25) is 5.91 Å². The molecular weight excluding hydrogens is 274 g/mol. The zero-order valence-electron chi connectivity index (χ0n) is 10.8. The molecule has 1 fully saturated rings. The van der Waals surface area contributed by atoms with Crippen LogP contribution in [0.3, 0.4) is 0 Å². The van der Waals surface area contributed by atoms with E-state index in [1.807, 2.05) is 24.3 Å². The van der Waals surface area contributed by atoms with E-state index >= 15 is 0 Å². The van der Waals surface area contributed by atoms with Gasteiger partial charge in [0.1, 0.15) is 5.82 Å². The summed E-state index contributed by atoms with van der Waals surface area (Å²) in [5.74, 6) is 0.432. The van der Waals surface area contributed by atoms with Crippen molar-refractivity contribution in [3.05, 3.63) is 53.2 Å². The molecule has 1 aliphatic rings. The van der Waals surface area contributed by atoms with Crippen molar-refractivity contribution < 1.29 is 4.79 Å². The van der Waals surface area contributed by atoms with E-state index in [1.165, 1.54) is 0 Å². The normalized spacial score (nSPS) is 15.7. The predicted molar refractivity (Wildman–Crippen MR) is 79.6 cm³/mol. The summed E-state index contributed by atoms with van der Waals surface area (Å²) in [6.45, 7) is 0. The van der Waals surface area contributed by atoms with Gasteiger partial charge in [0, 0.05) is 16.9 Å². The number of hydrogen-bond donors (Lipinski definition) is 2. The monoisotopic (exact) mass is 287 g/mol. The number of aromatic nitrogens is 1. The molecule has 1 aromatic carbocycles. The van der Waals surface area contributed by atoms with Gasteiger partial charge in [-0.3, -0.25) is 4.79 Å². The second-order valence-electron chi connectivity index (χ2n) is 5.02. The Morgan fingerprint density at radius 1 is 1.25 bits per heavy atom. The van der Waals surface area contributed by atoms with E-state index in [4.69, 9.17) is 17.3 Å². The van der Waals surface area contributed by atoms with Crippen molar-refractivity contribution in [1.82, 2.24) is 4.98 Å². The SMILES string of the molecule is Nc1ccc(C2(C(=O)Nc3cc(Cl)ccn3)CC2)cc1. The van der Waals surface area contributed by atoms with Crippen LogP contribution >= 0.6 is 11.6 Å². The van der Waals surface area contributed by atoms with Crippen LogP contribution in [-0.2, 0) is 10.2 Å². The fraction of sp³-hybridized carbons (Fsp3) is 0.200. The van der Waals surface area contributed by atoms with Crippen LogP contribution < -0.4 is 11.1 Å². The summed E-state index contributed by atoms with van der Waals surface area (Å²) in [5.41, 5.74) is 6.92. The van der Waals surface area contributed by atoms with Crippen molar-refractivity contribution in [2.24, 2.45) is 0 Å². The molecule has 0 bridgehead atoms. The summed E-state index contributed by atoms with van der Waals surface area (Å²) >= 11 is 5.89. The molecule has 5 heteroatoms. The zero-order chi connectivity index (χ0) is 14.2. The number of amides is 1. The van der Waals surface area contributed by atoms with Gasteiger partial charge in [0.15, 0.2) is 0 Å². The van der Waals surface area contributed by atoms with Crippen LogP contribution in [-0.4, -0.2) is 10.9 Å². The number of benzene rings is 1. The second kappa shape index (κ2) is 4.80. The number of rotatable bonds is 3. The number of nitrogens with zero attached hydrogens (tertiary/aromatic N) is 1. The molecule has 0 radical (unpaired) electrons. The average molecular weight is 288 g/mol. The summed E-state index contributed by atoms with van der Waals surface area (Å²) in [4.78, 5) is 16.6. The lowest BCUT2D eigenvalue weighted by Crippen LogP contribution is -2.28. The highest BCUT2D eigenvalue weighted by Crippen LogP contribution is 2.49.